The van der Waals surface area contributed by atoms with Gasteiger partial charge < -0.3 is 15.3 Å². The zero-order valence-corrected chi connectivity index (χ0v) is 12.3. The highest BCUT2D eigenvalue weighted by Crippen LogP contribution is 2.25. The summed E-state index contributed by atoms with van der Waals surface area (Å²) < 4.78 is 0. The molecular formula is C13H19N3O5. The summed E-state index contributed by atoms with van der Waals surface area (Å²) in [6, 6.07) is -0.575. The van der Waals surface area contributed by atoms with Crippen LogP contribution in [0.1, 0.15) is 20.8 Å². The number of rotatable bonds is 4. The van der Waals surface area contributed by atoms with Crippen molar-refractivity contribution < 1.29 is 24.3 Å². The molecule has 21 heavy (non-hydrogen) atoms. The van der Waals surface area contributed by atoms with Crippen LogP contribution in [0, 0.1) is 11.8 Å². The van der Waals surface area contributed by atoms with Crippen LogP contribution in [0.15, 0.2) is 0 Å². The van der Waals surface area contributed by atoms with Crippen molar-refractivity contribution in [1.82, 2.24) is 15.1 Å². The lowest BCUT2D eigenvalue weighted by molar-refractivity contribution is -0.151. The number of carbonyl (C=O) groups is 4. The number of urea groups is 1. The number of amides is 4. The second-order valence-corrected chi connectivity index (χ2v) is 6.13. The van der Waals surface area contributed by atoms with Gasteiger partial charge in [-0.05, 0) is 13.8 Å². The van der Waals surface area contributed by atoms with E-state index >= 15 is 0 Å². The molecule has 116 valence electrons. The SMILES string of the molecule is CC(C(=O)O)C1CN(C(=O)CN2C(=O)NC(C)(C)C2=O)C1. The molecule has 0 aliphatic carbocycles. The lowest BCUT2D eigenvalue weighted by Gasteiger charge is -2.41. The summed E-state index contributed by atoms with van der Waals surface area (Å²) in [5.74, 6) is -2.25. The summed E-state index contributed by atoms with van der Waals surface area (Å²) in [5.41, 5.74) is -0.993. The number of carboxylic acids is 1. The van der Waals surface area contributed by atoms with Gasteiger partial charge in [0.2, 0.25) is 5.91 Å². The van der Waals surface area contributed by atoms with Gasteiger partial charge in [0.25, 0.3) is 5.91 Å². The van der Waals surface area contributed by atoms with Gasteiger partial charge in [0, 0.05) is 19.0 Å². The maximum absolute atomic E-state index is 12.0. The van der Waals surface area contributed by atoms with Gasteiger partial charge in [-0.1, -0.05) is 6.92 Å². The van der Waals surface area contributed by atoms with Gasteiger partial charge in [-0.2, -0.15) is 0 Å². The smallest absolute Gasteiger partial charge is 0.325 e. The fourth-order valence-electron chi connectivity index (χ4n) is 2.43. The van der Waals surface area contributed by atoms with Crippen LogP contribution in [0.25, 0.3) is 0 Å². The number of aliphatic carboxylic acids is 1. The van der Waals surface area contributed by atoms with Crippen molar-refractivity contribution >= 4 is 23.8 Å². The quantitative estimate of drug-likeness (QED) is 0.680. The Morgan fingerprint density at radius 2 is 1.95 bits per heavy atom. The van der Waals surface area contributed by atoms with Gasteiger partial charge in [0.1, 0.15) is 12.1 Å². The zero-order chi connectivity index (χ0) is 15.9. The number of carboxylic acid groups (broad SMARTS) is 1. The molecule has 0 saturated carbocycles. The molecule has 8 nitrogen and oxygen atoms in total. The molecule has 2 heterocycles. The highest BCUT2D eigenvalue weighted by molar-refractivity contribution is 6.08. The second kappa shape index (κ2) is 5.01. The lowest BCUT2D eigenvalue weighted by atomic mass is 9.87. The molecule has 2 saturated heterocycles. The van der Waals surface area contributed by atoms with Crippen LogP contribution in [0.2, 0.25) is 0 Å². The van der Waals surface area contributed by atoms with Crippen LogP contribution < -0.4 is 5.32 Å². The molecule has 4 amide bonds. The predicted molar refractivity (Wildman–Crippen MR) is 71.2 cm³/mol. The number of imide groups is 1. The Hall–Kier alpha value is -2.12. The lowest BCUT2D eigenvalue weighted by Crippen LogP contribution is -2.56. The molecule has 2 aliphatic heterocycles. The molecule has 2 N–H and O–H groups in total. The largest absolute Gasteiger partial charge is 0.481 e. The van der Waals surface area contributed by atoms with E-state index in [1.165, 1.54) is 4.90 Å². The van der Waals surface area contributed by atoms with Crippen LogP contribution >= 0.6 is 0 Å². The van der Waals surface area contributed by atoms with E-state index in [4.69, 9.17) is 5.11 Å². The zero-order valence-electron chi connectivity index (χ0n) is 12.3. The minimum atomic E-state index is -0.993. The van der Waals surface area contributed by atoms with Crippen LogP contribution in [-0.2, 0) is 14.4 Å². The predicted octanol–water partition coefficient (Wildman–Crippen LogP) is -0.504. The number of likely N-dealkylation sites (tertiary alicyclic amines) is 1. The third-order valence-corrected chi connectivity index (χ3v) is 4.10. The summed E-state index contributed by atoms with van der Waals surface area (Å²) in [6.07, 6.45) is 0. The van der Waals surface area contributed by atoms with Gasteiger partial charge >= 0.3 is 12.0 Å². The summed E-state index contributed by atoms with van der Waals surface area (Å²) in [7, 11) is 0. The van der Waals surface area contributed by atoms with Crippen LogP contribution in [-0.4, -0.2) is 63.9 Å². The molecule has 8 heteroatoms. The molecule has 2 rings (SSSR count). The van der Waals surface area contributed by atoms with Gasteiger partial charge in [0.15, 0.2) is 0 Å². The first kappa shape index (κ1) is 15.3. The Bertz CT molecular complexity index is 510. The Morgan fingerprint density at radius 3 is 2.38 bits per heavy atom. The topological polar surface area (TPSA) is 107 Å². The van der Waals surface area contributed by atoms with Gasteiger partial charge in [-0.25, -0.2) is 4.79 Å². The number of nitrogens with one attached hydrogen (secondary N) is 1. The third kappa shape index (κ3) is 2.70. The van der Waals surface area contributed by atoms with E-state index in [2.05, 4.69) is 5.32 Å². The van der Waals surface area contributed by atoms with Gasteiger partial charge in [0.05, 0.1) is 5.92 Å². The molecule has 1 atom stereocenters. The molecule has 0 bridgehead atoms. The van der Waals surface area contributed by atoms with Crippen molar-refractivity contribution in [2.75, 3.05) is 19.6 Å². The van der Waals surface area contributed by atoms with E-state index in [0.717, 1.165) is 4.90 Å². The first-order valence-corrected chi connectivity index (χ1v) is 6.78. The van der Waals surface area contributed by atoms with E-state index in [1.807, 2.05) is 0 Å². The Morgan fingerprint density at radius 1 is 1.38 bits per heavy atom. The average molecular weight is 297 g/mol. The fourth-order valence-corrected chi connectivity index (χ4v) is 2.43. The van der Waals surface area contributed by atoms with Crippen molar-refractivity contribution in [3.05, 3.63) is 0 Å². The number of hydrogen-bond acceptors (Lipinski definition) is 4. The molecule has 0 radical (unpaired) electrons. The summed E-state index contributed by atoms with van der Waals surface area (Å²) >= 11 is 0. The highest BCUT2D eigenvalue weighted by atomic mass is 16.4. The minimum absolute atomic E-state index is 0.0778. The van der Waals surface area contributed by atoms with Crippen LogP contribution in [0.4, 0.5) is 4.79 Å². The standard InChI is InChI=1S/C13H19N3O5/c1-7(10(18)19)8-4-15(5-8)9(17)6-16-11(20)13(2,3)14-12(16)21/h7-8H,4-6H2,1-3H3,(H,14,21)(H,18,19). The van der Waals surface area contributed by atoms with Crippen molar-refractivity contribution in [1.29, 1.82) is 0 Å². The van der Waals surface area contributed by atoms with E-state index in [0.29, 0.717) is 13.1 Å². The number of carbonyl (C=O) groups excluding carboxylic acids is 3. The summed E-state index contributed by atoms with van der Waals surface area (Å²) in [6.45, 7) is 5.15. The van der Waals surface area contributed by atoms with E-state index in [9.17, 15) is 19.2 Å². The molecule has 0 aromatic rings. The monoisotopic (exact) mass is 297 g/mol. The summed E-state index contributed by atoms with van der Waals surface area (Å²) in [5, 5.41) is 11.4. The average Bonchev–Trinajstić information content (AvgIpc) is 2.49. The molecule has 2 fully saturated rings. The molecule has 0 aromatic carbocycles. The third-order valence-electron chi connectivity index (χ3n) is 4.10. The molecular weight excluding hydrogens is 278 g/mol. The Labute approximate surface area is 122 Å². The van der Waals surface area contributed by atoms with Crippen molar-refractivity contribution in [2.24, 2.45) is 11.8 Å². The molecule has 0 spiro atoms. The van der Waals surface area contributed by atoms with E-state index < -0.39 is 29.4 Å². The van der Waals surface area contributed by atoms with Gasteiger partial charge in [-0.3, -0.25) is 19.3 Å². The Balaban J connectivity index is 1.89. The first-order chi connectivity index (χ1) is 9.63. The second-order valence-electron chi connectivity index (χ2n) is 6.13. The van der Waals surface area contributed by atoms with Crippen molar-refractivity contribution in [2.45, 2.75) is 26.3 Å². The van der Waals surface area contributed by atoms with Crippen molar-refractivity contribution in [3.8, 4) is 0 Å². The normalized spacial score (nSPS) is 22.8. The van der Waals surface area contributed by atoms with Crippen LogP contribution in [0.5, 0.6) is 0 Å². The van der Waals surface area contributed by atoms with Gasteiger partial charge in [-0.15, -0.1) is 0 Å². The first-order valence-electron chi connectivity index (χ1n) is 6.78. The molecule has 2 aliphatic rings. The molecule has 1 unspecified atom stereocenters. The fraction of sp³-hybridized carbons (Fsp3) is 0.692. The van der Waals surface area contributed by atoms with Crippen LogP contribution in [0.3, 0.4) is 0 Å². The minimum Gasteiger partial charge on any atom is -0.481 e. The summed E-state index contributed by atoms with van der Waals surface area (Å²) in [4.78, 5) is 48.9. The maximum atomic E-state index is 12.0. The van der Waals surface area contributed by atoms with Crippen molar-refractivity contribution in [3.63, 3.8) is 0 Å². The highest BCUT2D eigenvalue weighted by Gasteiger charge is 2.46. The number of nitrogens with zero attached hydrogens (tertiary/aromatic N) is 2. The van der Waals surface area contributed by atoms with E-state index in [-0.39, 0.29) is 18.4 Å². The van der Waals surface area contributed by atoms with E-state index in [1.54, 1.807) is 20.8 Å². The Kier molecular flexibility index (Phi) is 3.65. The maximum Gasteiger partial charge on any atom is 0.325 e. The number of hydrogen-bond donors (Lipinski definition) is 2. The molecule has 0 aromatic heterocycles.